The Hall–Kier alpha value is -1.26. The number of anilines is 2. The Morgan fingerprint density at radius 3 is 2.63 bits per heavy atom. The normalized spacial score (nSPS) is 13.8. The molecular weight excluding hydrogens is 262 g/mol. The third kappa shape index (κ3) is 3.85. The van der Waals surface area contributed by atoms with E-state index in [9.17, 15) is 4.79 Å². The summed E-state index contributed by atoms with van der Waals surface area (Å²) in [5, 5.41) is 3.45. The number of carbonyl (C=O) groups excluding carboxylic acids is 1. The minimum Gasteiger partial charge on any atom is -0.375 e. The maximum absolute atomic E-state index is 12.1. The summed E-state index contributed by atoms with van der Waals surface area (Å²) in [5.74, 6) is -0.0401. The van der Waals surface area contributed by atoms with Crippen molar-refractivity contribution in [1.29, 1.82) is 0 Å². The summed E-state index contributed by atoms with van der Waals surface area (Å²) in [6.45, 7) is 3.98. The van der Waals surface area contributed by atoms with Gasteiger partial charge < -0.3 is 16.0 Å². The molecule has 1 rings (SSSR count). The molecule has 1 aromatic rings. The SMILES string of the molecule is CC[C@H](C)[C@H](N)C(=O)Nc1cccc(Cl)c1N(C)C. The maximum atomic E-state index is 12.1. The number of para-hydroxylation sites is 1. The Labute approximate surface area is 119 Å². The van der Waals surface area contributed by atoms with Crippen molar-refractivity contribution in [2.75, 3.05) is 24.3 Å². The minimum atomic E-state index is -0.515. The molecule has 0 unspecified atom stereocenters. The van der Waals surface area contributed by atoms with E-state index in [-0.39, 0.29) is 11.8 Å². The number of rotatable bonds is 5. The zero-order valence-electron chi connectivity index (χ0n) is 11.9. The number of benzene rings is 1. The van der Waals surface area contributed by atoms with Crippen molar-refractivity contribution in [3.8, 4) is 0 Å². The van der Waals surface area contributed by atoms with Crippen molar-refractivity contribution in [2.24, 2.45) is 11.7 Å². The molecule has 0 aliphatic heterocycles. The second-order valence-electron chi connectivity index (χ2n) is 4.93. The number of nitrogens with zero attached hydrogens (tertiary/aromatic N) is 1. The molecule has 2 atom stereocenters. The highest BCUT2D eigenvalue weighted by Gasteiger charge is 2.21. The Kier molecular flexibility index (Phi) is 5.63. The van der Waals surface area contributed by atoms with Gasteiger partial charge >= 0.3 is 0 Å². The van der Waals surface area contributed by atoms with E-state index in [2.05, 4.69) is 5.32 Å². The van der Waals surface area contributed by atoms with Crippen LogP contribution in [0, 0.1) is 5.92 Å². The maximum Gasteiger partial charge on any atom is 0.241 e. The molecule has 1 aromatic carbocycles. The van der Waals surface area contributed by atoms with Gasteiger partial charge in [-0.15, -0.1) is 0 Å². The first-order valence-electron chi connectivity index (χ1n) is 6.40. The van der Waals surface area contributed by atoms with Crippen LogP contribution in [0.5, 0.6) is 0 Å². The molecule has 4 nitrogen and oxygen atoms in total. The third-order valence-electron chi connectivity index (χ3n) is 3.25. The smallest absolute Gasteiger partial charge is 0.241 e. The van der Waals surface area contributed by atoms with Crippen LogP contribution in [-0.4, -0.2) is 26.0 Å². The van der Waals surface area contributed by atoms with E-state index in [0.29, 0.717) is 10.7 Å². The van der Waals surface area contributed by atoms with E-state index in [1.807, 2.05) is 38.9 Å². The van der Waals surface area contributed by atoms with Crippen LogP contribution in [0.25, 0.3) is 0 Å². The summed E-state index contributed by atoms with van der Waals surface area (Å²) < 4.78 is 0. The first kappa shape index (κ1) is 15.8. The summed E-state index contributed by atoms with van der Waals surface area (Å²) in [5.41, 5.74) is 7.39. The standard InChI is InChI=1S/C14H22ClN3O/c1-5-9(2)12(16)14(19)17-11-8-6-7-10(15)13(11)18(3)4/h6-9,12H,5,16H2,1-4H3,(H,17,19)/t9-,12-/m0/s1. The lowest BCUT2D eigenvalue weighted by atomic mass is 9.99. The summed E-state index contributed by atoms with van der Waals surface area (Å²) in [6.07, 6.45) is 0.866. The summed E-state index contributed by atoms with van der Waals surface area (Å²) >= 11 is 6.15. The summed E-state index contributed by atoms with van der Waals surface area (Å²) in [4.78, 5) is 14.0. The van der Waals surface area contributed by atoms with Gasteiger partial charge in [-0.2, -0.15) is 0 Å². The molecule has 5 heteroatoms. The van der Waals surface area contributed by atoms with E-state index in [1.54, 1.807) is 12.1 Å². The van der Waals surface area contributed by atoms with Crippen LogP contribution < -0.4 is 16.0 Å². The lowest BCUT2D eigenvalue weighted by Crippen LogP contribution is -2.40. The van der Waals surface area contributed by atoms with Gasteiger partial charge in [0.25, 0.3) is 0 Å². The van der Waals surface area contributed by atoms with Crippen LogP contribution in [0.1, 0.15) is 20.3 Å². The van der Waals surface area contributed by atoms with Gasteiger partial charge in [0.2, 0.25) is 5.91 Å². The van der Waals surface area contributed by atoms with Crippen molar-refractivity contribution in [3.63, 3.8) is 0 Å². The zero-order chi connectivity index (χ0) is 14.6. The van der Waals surface area contributed by atoms with E-state index < -0.39 is 6.04 Å². The predicted octanol–water partition coefficient (Wildman–Crippen LogP) is 2.72. The molecule has 0 fully saturated rings. The third-order valence-corrected chi connectivity index (χ3v) is 3.56. The molecule has 3 N–H and O–H groups in total. The summed E-state index contributed by atoms with van der Waals surface area (Å²) in [7, 11) is 3.76. The molecule has 0 radical (unpaired) electrons. The topological polar surface area (TPSA) is 58.4 Å². The average molecular weight is 284 g/mol. The molecule has 0 spiro atoms. The zero-order valence-corrected chi connectivity index (χ0v) is 12.7. The number of nitrogens with two attached hydrogens (primary N) is 1. The fraction of sp³-hybridized carbons (Fsp3) is 0.500. The first-order chi connectivity index (χ1) is 8.88. The molecule has 1 amide bonds. The van der Waals surface area contributed by atoms with Crippen LogP contribution in [0.4, 0.5) is 11.4 Å². The molecule has 19 heavy (non-hydrogen) atoms. The highest BCUT2D eigenvalue weighted by atomic mass is 35.5. The second kappa shape index (κ2) is 6.78. The Bertz CT molecular complexity index is 448. The van der Waals surface area contributed by atoms with E-state index in [1.165, 1.54) is 0 Å². The molecule has 0 aromatic heterocycles. The minimum absolute atomic E-state index is 0.141. The lowest BCUT2D eigenvalue weighted by Gasteiger charge is -2.22. The van der Waals surface area contributed by atoms with Crippen LogP contribution >= 0.6 is 11.6 Å². The monoisotopic (exact) mass is 283 g/mol. The Balaban J connectivity index is 2.94. The highest BCUT2D eigenvalue weighted by molar-refractivity contribution is 6.34. The number of hydrogen-bond acceptors (Lipinski definition) is 3. The van der Waals surface area contributed by atoms with Gasteiger partial charge in [0.15, 0.2) is 0 Å². The Morgan fingerprint density at radius 2 is 2.11 bits per heavy atom. The van der Waals surface area contributed by atoms with Crippen molar-refractivity contribution in [1.82, 2.24) is 0 Å². The molecule has 106 valence electrons. The number of nitrogens with one attached hydrogen (secondary N) is 1. The van der Waals surface area contributed by atoms with Crippen molar-refractivity contribution >= 4 is 28.9 Å². The van der Waals surface area contributed by atoms with Crippen molar-refractivity contribution in [3.05, 3.63) is 23.2 Å². The van der Waals surface area contributed by atoms with Crippen LogP contribution in [0.2, 0.25) is 5.02 Å². The molecule has 0 heterocycles. The van der Waals surface area contributed by atoms with Gasteiger partial charge in [-0.3, -0.25) is 4.79 Å². The van der Waals surface area contributed by atoms with Gasteiger partial charge in [-0.1, -0.05) is 37.9 Å². The fourth-order valence-corrected chi connectivity index (χ4v) is 2.14. The second-order valence-corrected chi connectivity index (χ2v) is 5.34. The van der Waals surface area contributed by atoms with Gasteiger partial charge in [0, 0.05) is 14.1 Å². The number of halogens is 1. The highest BCUT2D eigenvalue weighted by Crippen LogP contribution is 2.32. The van der Waals surface area contributed by atoms with Crippen LogP contribution in [0.15, 0.2) is 18.2 Å². The van der Waals surface area contributed by atoms with Crippen molar-refractivity contribution < 1.29 is 4.79 Å². The van der Waals surface area contributed by atoms with Crippen molar-refractivity contribution in [2.45, 2.75) is 26.3 Å². The van der Waals surface area contributed by atoms with E-state index >= 15 is 0 Å². The van der Waals surface area contributed by atoms with Crippen LogP contribution in [-0.2, 0) is 4.79 Å². The summed E-state index contributed by atoms with van der Waals surface area (Å²) in [6, 6.07) is 4.91. The number of hydrogen-bond donors (Lipinski definition) is 2. The number of amides is 1. The lowest BCUT2D eigenvalue weighted by molar-refractivity contribution is -0.118. The van der Waals surface area contributed by atoms with Gasteiger partial charge in [-0.25, -0.2) is 0 Å². The van der Waals surface area contributed by atoms with Crippen LogP contribution in [0.3, 0.4) is 0 Å². The average Bonchev–Trinajstić information content (AvgIpc) is 2.36. The Morgan fingerprint density at radius 1 is 1.47 bits per heavy atom. The molecule has 0 saturated carbocycles. The molecular formula is C14H22ClN3O. The van der Waals surface area contributed by atoms with E-state index in [0.717, 1.165) is 12.1 Å². The largest absolute Gasteiger partial charge is 0.375 e. The quantitative estimate of drug-likeness (QED) is 0.873. The number of carbonyl (C=O) groups is 1. The molecule has 0 saturated heterocycles. The predicted molar refractivity (Wildman–Crippen MR) is 81.8 cm³/mol. The van der Waals surface area contributed by atoms with E-state index in [4.69, 9.17) is 17.3 Å². The van der Waals surface area contributed by atoms with Gasteiger partial charge in [-0.05, 0) is 18.1 Å². The molecule has 0 aliphatic rings. The molecule has 0 bridgehead atoms. The van der Waals surface area contributed by atoms with Gasteiger partial charge in [0.05, 0.1) is 22.4 Å². The molecule has 0 aliphatic carbocycles. The first-order valence-corrected chi connectivity index (χ1v) is 6.78. The fourth-order valence-electron chi connectivity index (χ4n) is 1.80. The van der Waals surface area contributed by atoms with Gasteiger partial charge in [0.1, 0.15) is 0 Å².